The first-order chi connectivity index (χ1) is 6.76. The number of rotatable bonds is 8. The Bertz CT molecular complexity index is 144. The minimum Gasteiger partial charge on any atom is -0.372 e. The smallest absolute Gasteiger partial charge is 0.248 e. The number of hydrogen-bond donors (Lipinski definition) is 0. The van der Waals surface area contributed by atoms with Gasteiger partial charge in [-0.25, -0.2) is 0 Å². The van der Waals surface area contributed by atoms with Crippen LogP contribution in [0.1, 0.15) is 40.0 Å². The average molecular weight is 201 g/mol. The molecule has 3 heteroatoms. The van der Waals surface area contributed by atoms with Crippen molar-refractivity contribution >= 4 is 5.91 Å². The van der Waals surface area contributed by atoms with Crippen LogP contribution in [-0.4, -0.2) is 37.1 Å². The van der Waals surface area contributed by atoms with Crippen molar-refractivity contribution in [1.29, 1.82) is 0 Å². The zero-order valence-corrected chi connectivity index (χ0v) is 9.71. The molecule has 84 valence electrons. The van der Waals surface area contributed by atoms with Gasteiger partial charge in [-0.1, -0.05) is 19.8 Å². The molecule has 0 spiro atoms. The summed E-state index contributed by atoms with van der Waals surface area (Å²) in [5, 5.41) is 0. The normalized spacial score (nSPS) is 10.2. The van der Waals surface area contributed by atoms with Crippen molar-refractivity contribution in [3.63, 3.8) is 0 Å². The van der Waals surface area contributed by atoms with Gasteiger partial charge in [-0.2, -0.15) is 0 Å². The van der Waals surface area contributed by atoms with E-state index in [-0.39, 0.29) is 12.5 Å². The van der Waals surface area contributed by atoms with E-state index >= 15 is 0 Å². The van der Waals surface area contributed by atoms with E-state index in [0.717, 1.165) is 19.5 Å². The molecule has 0 bridgehead atoms. The third kappa shape index (κ3) is 5.97. The van der Waals surface area contributed by atoms with Crippen molar-refractivity contribution in [2.24, 2.45) is 0 Å². The van der Waals surface area contributed by atoms with Gasteiger partial charge in [0, 0.05) is 19.7 Å². The molecule has 0 radical (unpaired) electrons. The third-order valence-corrected chi connectivity index (χ3v) is 2.23. The monoisotopic (exact) mass is 201 g/mol. The Kier molecular flexibility index (Phi) is 8.64. The zero-order chi connectivity index (χ0) is 10.8. The topological polar surface area (TPSA) is 29.5 Å². The van der Waals surface area contributed by atoms with Gasteiger partial charge in [0.05, 0.1) is 0 Å². The Morgan fingerprint density at radius 1 is 1.14 bits per heavy atom. The highest BCUT2D eigenvalue weighted by Gasteiger charge is 2.08. The van der Waals surface area contributed by atoms with Gasteiger partial charge in [0.1, 0.15) is 6.61 Å². The molecule has 3 nitrogen and oxygen atoms in total. The van der Waals surface area contributed by atoms with E-state index < -0.39 is 0 Å². The number of ether oxygens (including phenoxy) is 1. The molecule has 0 N–H and O–H groups in total. The first kappa shape index (κ1) is 13.4. The van der Waals surface area contributed by atoms with Crippen molar-refractivity contribution in [3.05, 3.63) is 0 Å². The number of unbranched alkanes of at least 4 members (excludes halogenated alkanes) is 2. The van der Waals surface area contributed by atoms with Crippen molar-refractivity contribution in [2.75, 3.05) is 26.3 Å². The fourth-order valence-corrected chi connectivity index (χ4v) is 1.28. The fourth-order valence-electron chi connectivity index (χ4n) is 1.28. The summed E-state index contributed by atoms with van der Waals surface area (Å²) in [6.45, 7) is 8.62. The first-order valence-corrected chi connectivity index (χ1v) is 5.61. The van der Waals surface area contributed by atoms with Crippen LogP contribution in [0.4, 0.5) is 0 Å². The van der Waals surface area contributed by atoms with E-state index in [4.69, 9.17) is 4.74 Å². The van der Waals surface area contributed by atoms with Crippen LogP contribution in [0.3, 0.4) is 0 Å². The Hall–Kier alpha value is -0.570. The minimum absolute atomic E-state index is 0.103. The van der Waals surface area contributed by atoms with E-state index in [1.54, 1.807) is 4.90 Å². The van der Waals surface area contributed by atoms with Gasteiger partial charge in [0.25, 0.3) is 0 Å². The molecule has 0 aromatic rings. The molecule has 0 saturated carbocycles. The number of amides is 1. The molecule has 0 aromatic heterocycles. The van der Waals surface area contributed by atoms with Crippen molar-refractivity contribution in [2.45, 2.75) is 40.0 Å². The highest BCUT2D eigenvalue weighted by Crippen LogP contribution is 1.95. The summed E-state index contributed by atoms with van der Waals surface area (Å²) in [4.78, 5) is 13.2. The van der Waals surface area contributed by atoms with Crippen molar-refractivity contribution < 1.29 is 9.53 Å². The molecule has 0 aliphatic heterocycles. The molecule has 0 saturated heterocycles. The Labute approximate surface area is 87.4 Å². The highest BCUT2D eigenvalue weighted by atomic mass is 16.5. The van der Waals surface area contributed by atoms with Gasteiger partial charge >= 0.3 is 0 Å². The molecule has 0 aliphatic carbocycles. The van der Waals surface area contributed by atoms with Crippen LogP contribution in [0.25, 0.3) is 0 Å². The van der Waals surface area contributed by atoms with Crippen LogP contribution in [-0.2, 0) is 9.53 Å². The van der Waals surface area contributed by atoms with E-state index in [0.29, 0.717) is 6.61 Å². The zero-order valence-electron chi connectivity index (χ0n) is 9.71. The summed E-state index contributed by atoms with van der Waals surface area (Å²) < 4.78 is 5.29. The summed E-state index contributed by atoms with van der Waals surface area (Å²) in [5.74, 6) is 0.103. The van der Waals surface area contributed by atoms with Crippen LogP contribution in [0.5, 0.6) is 0 Å². The first-order valence-electron chi connectivity index (χ1n) is 5.61. The number of likely N-dealkylation sites (N-methyl/N-ethyl adjacent to an activating group) is 1. The van der Waals surface area contributed by atoms with Crippen LogP contribution in [0.15, 0.2) is 0 Å². The molecule has 0 rings (SSSR count). The average Bonchev–Trinajstić information content (AvgIpc) is 2.19. The molecule has 14 heavy (non-hydrogen) atoms. The van der Waals surface area contributed by atoms with E-state index in [9.17, 15) is 4.79 Å². The lowest BCUT2D eigenvalue weighted by molar-refractivity contribution is -0.135. The van der Waals surface area contributed by atoms with Gasteiger partial charge in [0.15, 0.2) is 0 Å². The number of hydrogen-bond acceptors (Lipinski definition) is 2. The highest BCUT2D eigenvalue weighted by molar-refractivity contribution is 5.77. The molecule has 1 amide bonds. The molecular formula is C11H23NO2. The fraction of sp³-hybridized carbons (Fsp3) is 0.909. The number of carbonyl (C=O) groups is 1. The largest absolute Gasteiger partial charge is 0.372 e. The molecule has 0 aromatic carbocycles. The van der Waals surface area contributed by atoms with Crippen LogP contribution in [0, 0.1) is 0 Å². The summed E-state index contributed by atoms with van der Waals surface area (Å²) in [6.07, 6.45) is 3.43. The van der Waals surface area contributed by atoms with Crippen LogP contribution >= 0.6 is 0 Å². The maximum atomic E-state index is 11.4. The molecule has 0 fully saturated rings. The Morgan fingerprint density at radius 3 is 2.29 bits per heavy atom. The van der Waals surface area contributed by atoms with Crippen LogP contribution < -0.4 is 0 Å². The lowest BCUT2D eigenvalue weighted by Gasteiger charge is -2.18. The van der Waals surface area contributed by atoms with Gasteiger partial charge < -0.3 is 9.64 Å². The van der Waals surface area contributed by atoms with Crippen molar-refractivity contribution in [1.82, 2.24) is 4.90 Å². The second-order valence-electron chi connectivity index (χ2n) is 3.33. The van der Waals surface area contributed by atoms with Gasteiger partial charge in [0.2, 0.25) is 5.91 Å². The summed E-state index contributed by atoms with van der Waals surface area (Å²) in [7, 11) is 0. The maximum absolute atomic E-state index is 11.4. The second kappa shape index (κ2) is 9.00. The lowest BCUT2D eigenvalue weighted by Crippen LogP contribution is -2.33. The third-order valence-electron chi connectivity index (χ3n) is 2.23. The quantitative estimate of drug-likeness (QED) is 0.563. The Balaban J connectivity index is 3.43. The van der Waals surface area contributed by atoms with E-state index in [1.807, 2.05) is 13.8 Å². The summed E-state index contributed by atoms with van der Waals surface area (Å²) in [5.41, 5.74) is 0. The predicted molar refractivity (Wildman–Crippen MR) is 58.3 cm³/mol. The molecule has 0 heterocycles. The van der Waals surface area contributed by atoms with Gasteiger partial charge in [-0.3, -0.25) is 4.79 Å². The minimum atomic E-state index is 0.103. The SMILES string of the molecule is CCCCCOCC(=O)N(CC)CC. The second-order valence-corrected chi connectivity index (χ2v) is 3.33. The van der Waals surface area contributed by atoms with E-state index in [2.05, 4.69) is 6.92 Å². The van der Waals surface area contributed by atoms with Crippen LogP contribution in [0.2, 0.25) is 0 Å². The van der Waals surface area contributed by atoms with Gasteiger partial charge in [-0.15, -0.1) is 0 Å². The molecule has 0 aliphatic rings. The molecular weight excluding hydrogens is 178 g/mol. The number of nitrogens with zero attached hydrogens (tertiary/aromatic N) is 1. The summed E-state index contributed by atoms with van der Waals surface area (Å²) in [6, 6.07) is 0. The van der Waals surface area contributed by atoms with Gasteiger partial charge in [-0.05, 0) is 20.3 Å². The predicted octanol–water partition coefficient (Wildman–Crippen LogP) is 2.06. The standard InChI is InChI=1S/C11H23NO2/c1-4-7-8-9-14-10-11(13)12(5-2)6-3/h4-10H2,1-3H3. The van der Waals surface area contributed by atoms with E-state index in [1.165, 1.54) is 12.8 Å². The summed E-state index contributed by atoms with van der Waals surface area (Å²) >= 11 is 0. The lowest BCUT2D eigenvalue weighted by atomic mass is 10.3. The Morgan fingerprint density at radius 2 is 1.79 bits per heavy atom. The van der Waals surface area contributed by atoms with Crippen molar-refractivity contribution in [3.8, 4) is 0 Å². The number of carbonyl (C=O) groups excluding carboxylic acids is 1. The molecule has 0 atom stereocenters. The maximum Gasteiger partial charge on any atom is 0.248 e. The molecule has 0 unspecified atom stereocenters.